The lowest BCUT2D eigenvalue weighted by atomic mass is 10.1. The fourth-order valence-electron chi connectivity index (χ4n) is 4.45. The van der Waals surface area contributed by atoms with Gasteiger partial charge in [-0.3, -0.25) is 4.98 Å². The van der Waals surface area contributed by atoms with Gasteiger partial charge in [-0.1, -0.05) is 0 Å². The first-order chi connectivity index (χ1) is 17.1. The summed E-state index contributed by atoms with van der Waals surface area (Å²) < 4.78 is 41.6. The highest BCUT2D eigenvalue weighted by Gasteiger charge is 2.29. The van der Waals surface area contributed by atoms with Gasteiger partial charge in [0.05, 0.1) is 11.7 Å². The van der Waals surface area contributed by atoms with Crippen molar-refractivity contribution >= 4 is 28.2 Å². The Morgan fingerprint density at radius 1 is 0.971 bits per heavy atom. The number of rotatable bonds is 5. The largest absolute Gasteiger partial charge is 0.353 e. The Hall–Kier alpha value is -3.79. The van der Waals surface area contributed by atoms with E-state index in [1.165, 1.54) is 11.8 Å². The molecule has 2 fully saturated rings. The number of piperazine rings is 1. The summed E-state index contributed by atoms with van der Waals surface area (Å²) in [6, 6.07) is 4.59. The molecule has 4 heterocycles. The zero-order valence-corrected chi connectivity index (χ0v) is 18.7. The molecule has 0 unspecified atom stereocenters. The maximum Gasteiger partial charge on any atom is 0.162 e. The molecule has 178 valence electrons. The quantitative estimate of drug-likeness (QED) is 0.437. The van der Waals surface area contributed by atoms with E-state index in [9.17, 15) is 13.2 Å². The lowest BCUT2D eigenvalue weighted by Crippen LogP contribution is -2.44. The van der Waals surface area contributed by atoms with Gasteiger partial charge in [-0.25, -0.2) is 28.1 Å². The molecule has 35 heavy (non-hydrogen) atoms. The van der Waals surface area contributed by atoms with Crippen LogP contribution in [0.5, 0.6) is 0 Å². The van der Waals surface area contributed by atoms with Crippen LogP contribution in [0, 0.1) is 17.5 Å². The van der Waals surface area contributed by atoms with E-state index in [0.717, 1.165) is 55.7 Å². The number of halogens is 3. The molecule has 0 radical (unpaired) electrons. The minimum Gasteiger partial charge on any atom is -0.353 e. The van der Waals surface area contributed by atoms with Gasteiger partial charge in [0.1, 0.15) is 23.1 Å². The Kier molecular flexibility index (Phi) is 5.44. The van der Waals surface area contributed by atoms with Gasteiger partial charge in [-0.2, -0.15) is 0 Å². The lowest BCUT2D eigenvalue weighted by molar-refractivity contribution is 0.549. The molecule has 0 spiro atoms. The fourth-order valence-corrected chi connectivity index (χ4v) is 4.45. The highest BCUT2D eigenvalue weighted by Crippen LogP contribution is 2.44. The number of pyridine rings is 2. The number of nitrogens with one attached hydrogen (secondary N) is 2. The Balaban J connectivity index is 1.43. The summed E-state index contributed by atoms with van der Waals surface area (Å²) in [6.07, 6.45) is 7.46. The Bertz CT molecular complexity index is 1390. The van der Waals surface area contributed by atoms with Crippen molar-refractivity contribution in [2.75, 3.05) is 36.4 Å². The molecule has 1 aliphatic carbocycles. The first kappa shape index (κ1) is 21.7. The van der Waals surface area contributed by atoms with Crippen molar-refractivity contribution < 1.29 is 13.2 Å². The summed E-state index contributed by atoms with van der Waals surface area (Å²) >= 11 is 0. The van der Waals surface area contributed by atoms with Crippen molar-refractivity contribution in [1.82, 2.24) is 25.3 Å². The molecule has 0 atom stereocenters. The van der Waals surface area contributed by atoms with Crippen LogP contribution < -0.4 is 15.5 Å². The van der Waals surface area contributed by atoms with Gasteiger partial charge < -0.3 is 15.5 Å². The third-order valence-corrected chi connectivity index (χ3v) is 6.33. The minimum atomic E-state index is -1.05. The van der Waals surface area contributed by atoms with E-state index in [1.54, 1.807) is 18.3 Å². The van der Waals surface area contributed by atoms with Crippen molar-refractivity contribution in [1.29, 1.82) is 0 Å². The van der Waals surface area contributed by atoms with Gasteiger partial charge in [0, 0.05) is 61.7 Å². The van der Waals surface area contributed by atoms with E-state index < -0.39 is 23.1 Å². The van der Waals surface area contributed by atoms with Crippen LogP contribution >= 0.6 is 0 Å². The van der Waals surface area contributed by atoms with Crippen molar-refractivity contribution in [3.05, 3.63) is 65.9 Å². The fraction of sp³-hybridized carbons (Fsp3) is 0.280. The summed E-state index contributed by atoms with van der Waals surface area (Å²) in [5, 5.41) is 7.02. The molecule has 7 nitrogen and oxygen atoms in total. The Labute approximate surface area is 199 Å². The minimum absolute atomic E-state index is 0.184. The topological polar surface area (TPSA) is 78.9 Å². The number of benzene rings is 1. The number of anilines is 3. The number of nitrogens with zero attached hydrogens (tertiary/aromatic N) is 5. The molecule has 1 saturated carbocycles. The van der Waals surface area contributed by atoms with Gasteiger partial charge >= 0.3 is 0 Å². The van der Waals surface area contributed by atoms with Crippen LogP contribution in [-0.2, 0) is 0 Å². The molecule has 0 bridgehead atoms. The third-order valence-electron chi connectivity index (χ3n) is 6.33. The average molecular weight is 477 g/mol. The summed E-state index contributed by atoms with van der Waals surface area (Å²) in [5.74, 6) is -1.07. The number of fused-ring (bicyclic) bond motifs is 1. The van der Waals surface area contributed by atoms with Gasteiger partial charge in [0.15, 0.2) is 17.5 Å². The average Bonchev–Trinajstić information content (AvgIpc) is 3.71. The van der Waals surface area contributed by atoms with E-state index in [1.807, 2.05) is 6.20 Å². The van der Waals surface area contributed by atoms with Crippen LogP contribution in [0.1, 0.15) is 24.3 Å². The van der Waals surface area contributed by atoms with Crippen LogP contribution in [-0.4, -0.2) is 46.1 Å². The Morgan fingerprint density at radius 2 is 1.74 bits per heavy atom. The summed E-state index contributed by atoms with van der Waals surface area (Å²) in [6.45, 7) is 3.38. The molecule has 4 aromatic rings. The van der Waals surface area contributed by atoms with Crippen LogP contribution in [0.15, 0.2) is 42.9 Å². The number of hydrogen-bond acceptors (Lipinski definition) is 7. The van der Waals surface area contributed by atoms with E-state index in [2.05, 4.69) is 25.5 Å². The second kappa shape index (κ2) is 8.77. The standard InChI is InChI=1S/C25H22F3N7/c26-16-10-18(27)23(19(28)11-16)33-21-9-15(3-4-31-21)24-32-20-13-30-12-17(14-1-2-14)22(20)25(34-24)35-7-5-29-6-8-35/h3-4,9-14,29H,1-2,5-8H2,(H,31,33). The molecule has 1 aromatic carbocycles. The van der Waals surface area contributed by atoms with Gasteiger partial charge in [0.2, 0.25) is 0 Å². The predicted octanol–water partition coefficient (Wildman–Crippen LogP) is 4.53. The van der Waals surface area contributed by atoms with Gasteiger partial charge in [0.25, 0.3) is 0 Å². The van der Waals surface area contributed by atoms with E-state index in [-0.39, 0.29) is 5.82 Å². The number of hydrogen-bond donors (Lipinski definition) is 2. The van der Waals surface area contributed by atoms with E-state index in [0.29, 0.717) is 29.4 Å². The first-order valence-corrected chi connectivity index (χ1v) is 11.6. The lowest BCUT2D eigenvalue weighted by Gasteiger charge is -2.30. The highest BCUT2D eigenvalue weighted by atomic mass is 19.1. The van der Waals surface area contributed by atoms with Crippen LogP contribution in [0.25, 0.3) is 22.3 Å². The van der Waals surface area contributed by atoms with Crippen molar-refractivity contribution in [3.8, 4) is 11.4 Å². The highest BCUT2D eigenvalue weighted by molar-refractivity contribution is 5.94. The molecule has 1 saturated heterocycles. The summed E-state index contributed by atoms with van der Waals surface area (Å²) in [7, 11) is 0. The van der Waals surface area contributed by atoms with Crippen molar-refractivity contribution in [3.63, 3.8) is 0 Å². The second-order valence-electron chi connectivity index (χ2n) is 8.80. The zero-order valence-electron chi connectivity index (χ0n) is 18.7. The van der Waals surface area contributed by atoms with Gasteiger partial charge in [-0.15, -0.1) is 0 Å². The summed E-state index contributed by atoms with van der Waals surface area (Å²) in [5.41, 5.74) is 2.09. The smallest absolute Gasteiger partial charge is 0.162 e. The molecular weight excluding hydrogens is 455 g/mol. The second-order valence-corrected chi connectivity index (χ2v) is 8.80. The van der Waals surface area contributed by atoms with Crippen molar-refractivity contribution in [2.24, 2.45) is 0 Å². The molecule has 2 N–H and O–H groups in total. The molecule has 10 heteroatoms. The van der Waals surface area contributed by atoms with Crippen LogP contribution in [0.3, 0.4) is 0 Å². The monoisotopic (exact) mass is 477 g/mol. The molecule has 3 aromatic heterocycles. The summed E-state index contributed by atoms with van der Waals surface area (Å²) in [4.78, 5) is 20.6. The maximum atomic E-state index is 14.1. The molecule has 0 amide bonds. The number of aromatic nitrogens is 4. The third kappa shape index (κ3) is 4.25. The van der Waals surface area contributed by atoms with Crippen LogP contribution in [0.2, 0.25) is 0 Å². The van der Waals surface area contributed by atoms with Gasteiger partial charge in [-0.05, 0) is 36.5 Å². The van der Waals surface area contributed by atoms with E-state index in [4.69, 9.17) is 9.97 Å². The van der Waals surface area contributed by atoms with Crippen molar-refractivity contribution in [2.45, 2.75) is 18.8 Å². The maximum absolute atomic E-state index is 14.1. The molecular formula is C25H22F3N7. The molecule has 1 aliphatic heterocycles. The molecule has 2 aliphatic rings. The van der Waals surface area contributed by atoms with E-state index >= 15 is 0 Å². The van der Waals surface area contributed by atoms with Crippen LogP contribution in [0.4, 0.5) is 30.5 Å². The molecule has 6 rings (SSSR count). The Morgan fingerprint density at radius 3 is 2.49 bits per heavy atom. The predicted molar refractivity (Wildman–Crippen MR) is 127 cm³/mol. The SMILES string of the molecule is Fc1cc(F)c(Nc2cc(-c3nc(N4CCNCC4)c4c(C5CC5)cncc4n3)ccn2)c(F)c1. The first-order valence-electron chi connectivity index (χ1n) is 11.6. The zero-order chi connectivity index (χ0) is 23.9. The normalized spacial score (nSPS) is 16.0.